The lowest BCUT2D eigenvalue weighted by atomic mass is 10.1. The Labute approximate surface area is 126 Å². The summed E-state index contributed by atoms with van der Waals surface area (Å²) in [5.74, 6) is -2.08. The van der Waals surface area contributed by atoms with Crippen molar-refractivity contribution in [3.05, 3.63) is 71.5 Å². The van der Waals surface area contributed by atoms with Crippen LogP contribution in [0.5, 0.6) is 0 Å². The van der Waals surface area contributed by atoms with Gasteiger partial charge in [-0.1, -0.05) is 48.5 Å². The first-order valence-corrected chi connectivity index (χ1v) is 6.52. The van der Waals surface area contributed by atoms with Crippen LogP contribution in [0.1, 0.15) is 17.2 Å². The molecule has 0 unspecified atom stereocenters. The second-order valence-electron chi connectivity index (χ2n) is 4.50. The maximum atomic E-state index is 13.6. The summed E-state index contributed by atoms with van der Waals surface area (Å²) in [6.07, 6.45) is -0.931. The number of carboxylic acid groups (broad SMARTS) is 1. The second-order valence-corrected chi connectivity index (χ2v) is 4.50. The lowest BCUT2D eigenvalue weighted by Gasteiger charge is -2.15. The van der Waals surface area contributed by atoms with Gasteiger partial charge >= 0.3 is 12.1 Å². The third-order valence-corrected chi connectivity index (χ3v) is 2.94. The second kappa shape index (κ2) is 7.21. The summed E-state index contributed by atoms with van der Waals surface area (Å²) in [4.78, 5) is 22.9. The van der Waals surface area contributed by atoms with Crippen molar-refractivity contribution in [2.24, 2.45) is 0 Å². The average molecular weight is 303 g/mol. The van der Waals surface area contributed by atoms with E-state index in [1.807, 2.05) is 6.07 Å². The van der Waals surface area contributed by atoms with E-state index in [2.05, 4.69) is 5.32 Å². The van der Waals surface area contributed by atoms with Crippen LogP contribution in [0, 0.1) is 5.82 Å². The first-order valence-electron chi connectivity index (χ1n) is 6.52. The van der Waals surface area contributed by atoms with Gasteiger partial charge in [0.1, 0.15) is 12.4 Å². The molecule has 0 heterocycles. The van der Waals surface area contributed by atoms with Crippen LogP contribution >= 0.6 is 0 Å². The number of carboxylic acids is 1. The number of alkyl carbamates (subject to hydrolysis) is 1. The molecule has 2 rings (SSSR count). The van der Waals surface area contributed by atoms with Gasteiger partial charge in [0.25, 0.3) is 0 Å². The Morgan fingerprint density at radius 2 is 1.73 bits per heavy atom. The number of hydrogen-bond donors (Lipinski definition) is 2. The largest absolute Gasteiger partial charge is 0.479 e. The average Bonchev–Trinajstić information content (AvgIpc) is 2.52. The summed E-state index contributed by atoms with van der Waals surface area (Å²) >= 11 is 0. The van der Waals surface area contributed by atoms with Crippen LogP contribution in [0.15, 0.2) is 54.6 Å². The Morgan fingerprint density at radius 1 is 1.09 bits per heavy atom. The van der Waals surface area contributed by atoms with Gasteiger partial charge in [0.05, 0.1) is 0 Å². The van der Waals surface area contributed by atoms with Gasteiger partial charge in [0.2, 0.25) is 0 Å². The number of nitrogens with one attached hydrogen (secondary N) is 1. The van der Waals surface area contributed by atoms with Crippen LogP contribution in [-0.4, -0.2) is 17.2 Å². The maximum Gasteiger partial charge on any atom is 0.408 e. The molecule has 0 fully saturated rings. The fourth-order valence-electron chi connectivity index (χ4n) is 1.86. The maximum absolute atomic E-state index is 13.6. The first-order chi connectivity index (χ1) is 10.6. The number of hydrogen-bond acceptors (Lipinski definition) is 3. The van der Waals surface area contributed by atoms with Crippen LogP contribution in [0.4, 0.5) is 9.18 Å². The molecule has 2 aromatic carbocycles. The van der Waals surface area contributed by atoms with Gasteiger partial charge in [-0.15, -0.1) is 0 Å². The molecule has 0 aromatic heterocycles. The van der Waals surface area contributed by atoms with Gasteiger partial charge in [-0.05, 0) is 11.6 Å². The van der Waals surface area contributed by atoms with Crippen molar-refractivity contribution >= 4 is 12.1 Å². The number of aliphatic carboxylic acids is 1. The molecule has 0 aliphatic carbocycles. The zero-order chi connectivity index (χ0) is 15.9. The number of carbonyl (C=O) groups is 2. The molecule has 0 bridgehead atoms. The van der Waals surface area contributed by atoms with Gasteiger partial charge in [-0.2, -0.15) is 0 Å². The molecule has 0 aliphatic heterocycles. The minimum atomic E-state index is -1.51. The Morgan fingerprint density at radius 3 is 2.36 bits per heavy atom. The van der Waals surface area contributed by atoms with E-state index in [-0.39, 0.29) is 12.2 Å². The monoisotopic (exact) mass is 303 g/mol. The predicted octanol–water partition coefficient (Wildman–Crippen LogP) is 2.88. The summed E-state index contributed by atoms with van der Waals surface area (Å²) < 4.78 is 18.6. The Bertz CT molecular complexity index is 660. The Kier molecular flexibility index (Phi) is 5.08. The number of halogens is 1. The Hall–Kier alpha value is -2.89. The lowest BCUT2D eigenvalue weighted by molar-refractivity contribution is -0.139. The third-order valence-electron chi connectivity index (χ3n) is 2.94. The third kappa shape index (κ3) is 4.05. The molecular formula is C16H14FNO4. The molecule has 0 saturated heterocycles. The van der Waals surface area contributed by atoms with Gasteiger partial charge < -0.3 is 15.2 Å². The number of amides is 1. The highest BCUT2D eigenvalue weighted by atomic mass is 19.1. The molecule has 1 atom stereocenters. The zero-order valence-corrected chi connectivity index (χ0v) is 11.5. The molecule has 5 nitrogen and oxygen atoms in total. The van der Waals surface area contributed by atoms with Crippen LogP contribution in [0.2, 0.25) is 0 Å². The summed E-state index contributed by atoms with van der Waals surface area (Å²) in [7, 11) is 0. The van der Waals surface area contributed by atoms with Crippen molar-refractivity contribution in [2.45, 2.75) is 12.6 Å². The number of carbonyl (C=O) groups excluding carboxylic acids is 1. The van der Waals surface area contributed by atoms with Gasteiger partial charge in [-0.25, -0.2) is 14.0 Å². The molecule has 2 N–H and O–H groups in total. The minimum absolute atomic E-state index is 0.00369. The molecule has 22 heavy (non-hydrogen) atoms. The Balaban J connectivity index is 2.01. The van der Waals surface area contributed by atoms with Gasteiger partial charge in [-0.3, -0.25) is 0 Å². The van der Waals surface area contributed by atoms with Crippen molar-refractivity contribution in [1.82, 2.24) is 5.32 Å². The standard InChI is InChI=1S/C16H14FNO4/c17-13-9-5-4-8-12(13)14(15(19)20)18-16(21)22-10-11-6-2-1-3-7-11/h1-9,14H,10H2,(H,18,21)(H,19,20)/t14-/m0/s1. The summed E-state index contributed by atoms with van der Waals surface area (Å²) in [5, 5.41) is 11.3. The first kappa shape index (κ1) is 15.5. The van der Waals surface area contributed by atoms with Crippen molar-refractivity contribution in [3.8, 4) is 0 Å². The van der Waals surface area contributed by atoms with Gasteiger partial charge in [0.15, 0.2) is 6.04 Å². The number of rotatable bonds is 5. The number of benzene rings is 2. The molecule has 114 valence electrons. The summed E-state index contributed by atoms with van der Waals surface area (Å²) in [6.45, 7) is -0.00369. The molecule has 1 amide bonds. The smallest absolute Gasteiger partial charge is 0.408 e. The quantitative estimate of drug-likeness (QED) is 0.890. The van der Waals surface area contributed by atoms with Crippen LogP contribution < -0.4 is 5.32 Å². The lowest BCUT2D eigenvalue weighted by Crippen LogP contribution is -2.34. The van der Waals surface area contributed by atoms with E-state index in [0.29, 0.717) is 0 Å². The fraction of sp³-hybridized carbons (Fsp3) is 0.125. The zero-order valence-electron chi connectivity index (χ0n) is 11.5. The van der Waals surface area contributed by atoms with E-state index in [0.717, 1.165) is 11.6 Å². The molecule has 0 saturated carbocycles. The van der Waals surface area contributed by atoms with Gasteiger partial charge in [0, 0.05) is 5.56 Å². The predicted molar refractivity (Wildman–Crippen MR) is 76.5 cm³/mol. The molecule has 0 radical (unpaired) electrons. The van der Waals surface area contributed by atoms with Crippen molar-refractivity contribution < 1.29 is 23.8 Å². The van der Waals surface area contributed by atoms with Crippen molar-refractivity contribution in [2.75, 3.05) is 0 Å². The van der Waals surface area contributed by atoms with E-state index in [9.17, 15) is 14.0 Å². The fourth-order valence-corrected chi connectivity index (χ4v) is 1.86. The van der Waals surface area contributed by atoms with Crippen molar-refractivity contribution in [1.29, 1.82) is 0 Å². The molecular weight excluding hydrogens is 289 g/mol. The molecule has 0 spiro atoms. The highest BCUT2D eigenvalue weighted by molar-refractivity contribution is 5.81. The normalized spacial score (nSPS) is 11.5. The number of ether oxygens (including phenoxy) is 1. The van der Waals surface area contributed by atoms with Crippen LogP contribution in [-0.2, 0) is 16.1 Å². The van der Waals surface area contributed by atoms with E-state index >= 15 is 0 Å². The van der Waals surface area contributed by atoms with E-state index in [4.69, 9.17) is 9.84 Å². The molecule has 2 aromatic rings. The van der Waals surface area contributed by atoms with Crippen LogP contribution in [0.25, 0.3) is 0 Å². The highest BCUT2D eigenvalue weighted by Gasteiger charge is 2.25. The molecule has 6 heteroatoms. The van der Waals surface area contributed by atoms with E-state index in [1.54, 1.807) is 24.3 Å². The summed E-state index contributed by atoms with van der Waals surface area (Å²) in [6, 6.07) is 12.8. The van der Waals surface area contributed by atoms with E-state index < -0.39 is 23.9 Å². The molecule has 0 aliphatic rings. The topological polar surface area (TPSA) is 75.6 Å². The van der Waals surface area contributed by atoms with E-state index in [1.165, 1.54) is 18.2 Å². The SMILES string of the molecule is O=C(N[C@H](C(=O)O)c1ccccc1F)OCc1ccccc1. The highest BCUT2D eigenvalue weighted by Crippen LogP contribution is 2.17. The summed E-state index contributed by atoms with van der Waals surface area (Å²) in [5.41, 5.74) is 0.627. The van der Waals surface area contributed by atoms with Crippen LogP contribution in [0.3, 0.4) is 0 Å². The van der Waals surface area contributed by atoms with Crippen molar-refractivity contribution in [3.63, 3.8) is 0 Å². The minimum Gasteiger partial charge on any atom is -0.479 e.